The maximum atomic E-state index is 13.8. The summed E-state index contributed by atoms with van der Waals surface area (Å²) in [6, 6.07) is 1.95. The SMILES string of the molecule is CS(=O)(=O)c1ccc(C2(C(=O)O)CC2)c(F)c1F. The molecule has 98 valence electrons. The van der Waals surface area contributed by atoms with Crippen LogP contribution in [0.1, 0.15) is 18.4 Å². The van der Waals surface area contributed by atoms with E-state index in [0.717, 1.165) is 18.4 Å². The van der Waals surface area contributed by atoms with Gasteiger partial charge in [0, 0.05) is 11.8 Å². The van der Waals surface area contributed by atoms with Crippen LogP contribution in [0.15, 0.2) is 17.0 Å². The van der Waals surface area contributed by atoms with Crippen molar-refractivity contribution in [3.63, 3.8) is 0 Å². The van der Waals surface area contributed by atoms with Crippen LogP contribution < -0.4 is 0 Å². The summed E-state index contributed by atoms with van der Waals surface area (Å²) >= 11 is 0. The Labute approximate surface area is 102 Å². The highest BCUT2D eigenvalue weighted by molar-refractivity contribution is 7.90. The van der Waals surface area contributed by atoms with E-state index in [2.05, 4.69) is 0 Å². The van der Waals surface area contributed by atoms with Crippen LogP contribution in [0.25, 0.3) is 0 Å². The predicted octanol–water partition coefficient (Wildman–Crippen LogP) is 1.48. The Bertz CT molecular complexity index is 633. The van der Waals surface area contributed by atoms with E-state index in [9.17, 15) is 22.0 Å². The third-order valence-corrected chi connectivity index (χ3v) is 4.24. The van der Waals surface area contributed by atoms with Crippen molar-refractivity contribution >= 4 is 15.8 Å². The number of hydrogen-bond donors (Lipinski definition) is 1. The Morgan fingerprint density at radius 1 is 1.28 bits per heavy atom. The first-order valence-corrected chi connectivity index (χ1v) is 7.01. The van der Waals surface area contributed by atoms with Crippen LogP contribution in [-0.4, -0.2) is 25.7 Å². The largest absolute Gasteiger partial charge is 0.481 e. The molecule has 0 radical (unpaired) electrons. The van der Waals surface area contributed by atoms with E-state index in [4.69, 9.17) is 5.11 Å². The van der Waals surface area contributed by atoms with E-state index in [1.165, 1.54) is 0 Å². The van der Waals surface area contributed by atoms with Gasteiger partial charge >= 0.3 is 5.97 Å². The van der Waals surface area contributed by atoms with Gasteiger partial charge in [0.2, 0.25) is 0 Å². The highest BCUT2D eigenvalue weighted by atomic mass is 32.2. The van der Waals surface area contributed by atoms with Gasteiger partial charge in [0.05, 0.1) is 5.41 Å². The fourth-order valence-electron chi connectivity index (χ4n) is 1.91. The summed E-state index contributed by atoms with van der Waals surface area (Å²) in [6.07, 6.45) is 1.20. The maximum absolute atomic E-state index is 13.8. The first kappa shape index (κ1) is 12.9. The van der Waals surface area contributed by atoms with Gasteiger partial charge in [-0.2, -0.15) is 0 Å². The highest BCUT2D eigenvalue weighted by Gasteiger charge is 2.53. The number of sulfone groups is 1. The highest BCUT2D eigenvalue weighted by Crippen LogP contribution is 2.49. The second-order valence-corrected chi connectivity index (χ2v) is 6.38. The lowest BCUT2D eigenvalue weighted by Crippen LogP contribution is -2.22. The van der Waals surface area contributed by atoms with Gasteiger partial charge < -0.3 is 5.11 Å². The Kier molecular flexibility index (Phi) is 2.69. The zero-order chi connectivity index (χ0) is 13.7. The predicted molar refractivity (Wildman–Crippen MR) is 58.0 cm³/mol. The van der Waals surface area contributed by atoms with Crippen molar-refractivity contribution in [1.29, 1.82) is 0 Å². The van der Waals surface area contributed by atoms with Crippen molar-refractivity contribution in [2.24, 2.45) is 0 Å². The number of hydrogen-bond acceptors (Lipinski definition) is 3. The Hall–Kier alpha value is -1.50. The number of rotatable bonds is 3. The molecule has 1 aromatic rings. The van der Waals surface area contributed by atoms with Crippen molar-refractivity contribution < 1.29 is 27.1 Å². The smallest absolute Gasteiger partial charge is 0.314 e. The fourth-order valence-corrected chi connectivity index (χ4v) is 2.64. The Morgan fingerprint density at radius 3 is 2.22 bits per heavy atom. The molecule has 0 aromatic heterocycles. The lowest BCUT2D eigenvalue weighted by molar-refractivity contribution is -0.140. The maximum Gasteiger partial charge on any atom is 0.314 e. The number of carboxylic acids is 1. The number of benzene rings is 1. The molecule has 0 atom stereocenters. The molecule has 1 aliphatic carbocycles. The first-order valence-electron chi connectivity index (χ1n) is 5.12. The van der Waals surface area contributed by atoms with E-state index in [0.29, 0.717) is 0 Å². The molecule has 4 nitrogen and oxygen atoms in total. The topological polar surface area (TPSA) is 71.4 Å². The van der Waals surface area contributed by atoms with Crippen molar-refractivity contribution in [1.82, 2.24) is 0 Å². The average molecular weight is 276 g/mol. The van der Waals surface area contributed by atoms with Gasteiger partial charge in [-0.15, -0.1) is 0 Å². The molecule has 0 saturated heterocycles. The second-order valence-electron chi connectivity index (χ2n) is 4.40. The summed E-state index contributed by atoms with van der Waals surface area (Å²) in [5.74, 6) is -4.13. The number of aliphatic carboxylic acids is 1. The minimum atomic E-state index is -3.88. The third-order valence-electron chi connectivity index (χ3n) is 3.12. The molecule has 18 heavy (non-hydrogen) atoms. The van der Waals surface area contributed by atoms with Crippen LogP contribution in [0.5, 0.6) is 0 Å². The summed E-state index contributed by atoms with van der Waals surface area (Å²) in [7, 11) is -3.88. The van der Waals surface area contributed by atoms with Crippen molar-refractivity contribution in [2.75, 3.05) is 6.26 Å². The summed E-state index contributed by atoms with van der Waals surface area (Å²) in [5.41, 5.74) is -1.69. The minimum absolute atomic E-state index is 0.219. The molecule has 0 unspecified atom stereocenters. The molecule has 2 rings (SSSR count). The van der Waals surface area contributed by atoms with Crippen molar-refractivity contribution in [2.45, 2.75) is 23.2 Å². The van der Waals surface area contributed by atoms with Gasteiger partial charge in [0.15, 0.2) is 21.5 Å². The molecule has 1 saturated carbocycles. The van der Waals surface area contributed by atoms with Crippen molar-refractivity contribution in [3.8, 4) is 0 Å². The van der Waals surface area contributed by atoms with E-state index >= 15 is 0 Å². The molecule has 0 aliphatic heterocycles. The molecule has 7 heteroatoms. The number of carbonyl (C=O) groups is 1. The van der Waals surface area contributed by atoms with Gasteiger partial charge in [-0.3, -0.25) is 4.79 Å². The first-order chi connectivity index (χ1) is 8.20. The van der Waals surface area contributed by atoms with Crippen LogP contribution in [0, 0.1) is 11.6 Å². The van der Waals surface area contributed by atoms with Gasteiger partial charge in [-0.05, 0) is 18.9 Å². The Balaban J connectivity index is 2.63. The summed E-state index contributed by atoms with van der Waals surface area (Å²) in [5, 5.41) is 8.99. The fraction of sp³-hybridized carbons (Fsp3) is 0.364. The lowest BCUT2D eigenvalue weighted by atomic mass is 9.95. The average Bonchev–Trinajstić information content (AvgIpc) is 3.01. The minimum Gasteiger partial charge on any atom is -0.481 e. The zero-order valence-electron chi connectivity index (χ0n) is 9.41. The number of carboxylic acid groups (broad SMARTS) is 1. The normalized spacial score (nSPS) is 17.5. The Morgan fingerprint density at radius 2 is 1.83 bits per heavy atom. The molecular weight excluding hydrogens is 266 g/mol. The summed E-state index contributed by atoms with van der Waals surface area (Å²) < 4.78 is 49.8. The van der Waals surface area contributed by atoms with Gasteiger partial charge in [0.1, 0.15) is 4.90 Å². The molecule has 0 spiro atoms. The monoisotopic (exact) mass is 276 g/mol. The standard InChI is InChI=1S/C11H10F2O4S/c1-18(16,17)7-3-2-6(8(12)9(7)13)11(4-5-11)10(14)15/h2-3H,4-5H2,1H3,(H,14,15). The molecule has 0 amide bonds. The zero-order valence-corrected chi connectivity index (χ0v) is 10.2. The van der Waals surface area contributed by atoms with Crippen LogP contribution in [0.3, 0.4) is 0 Å². The molecule has 1 fully saturated rings. The van der Waals surface area contributed by atoms with E-state index in [1.54, 1.807) is 0 Å². The van der Waals surface area contributed by atoms with Crippen LogP contribution in [-0.2, 0) is 20.0 Å². The van der Waals surface area contributed by atoms with E-state index in [1.807, 2.05) is 0 Å². The quantitative estimate of drug-likeness (QED) is 0.907. The van der Waals surface area contributed by atoms with Crippen LogP contribution in [0.2, 0.25) is 0 Å². The summed E-state index contributed by atoms with van der Waals surface area (Å²) in [6.45, 7) is 0. The lowest BCUT2D eigenvalue weighted by Gasteiger charge is -2.13. The molecule has 0 heterocycles. The second kappa shape index (κ2) is 3.74. The van der Waals surface area contributed by atoms with Gasteiger partial charge in [0.25, 0.3) is 0 Å². The third kappa shape index (κ3) is 1.78. The van der Waals surface area contributed by atoms with Crippen molar-refractivity contribution in [3.05, 3.63) is 29.3 Å². The molecule has 1 aromatic carbocycles. The van der Waals surface area contributed by atoms with Crippen LogP contribution >= 0.6 is 0 Å². The summed E-state index contributed by atoms with van der Waals surface area (Å²) in [4.78, 5) is 10.3. The van der Waals surface area contributed by atoms with Gasteiger partial charge in [-0.1, -0.05) is 6.07 Å². The van der Waals surface area contributed by atoms with Crippen LogP contribution in [0.4, 0.5) is 8.78 Å². The molecular formula is C11H10F2O4S. The molecule has 1 N–H and O–H groups in total. The van der Waals surface area contributed by atoms with Gasteiger partial charge in [-0.25, -0.2) is 17.2 Å². The van der Waals surface area contributed by atoms with E-state index < -0.39 is 37.8 Å². The van der Waals surface area contributed by atoms with E-state index in [-0.39, 0.29) is 18.4 Å². The molecule has 1 aliphatic rings. The number of halogens is 2. The molecule has 0 bridgehead atoms.